The summed E-state index contributed by atoms with van der Waals surface area (Å²) in [6.45, 7) is 0.152. The lowest BCUT2D eigenvalue weighted by molar-refractivity contribution is 0.0710. The number of benzene rings is 1. The number of hydrogen-bond acceptors (Lipinski definition) is 3. The molecule has 1 aliphatic rings. The number of hydrogen-bond donors (Lipinski definition) is 2. The van der Waals surface area contributed by atoms with Crippen molar-refractivity contribution in [3.05, 3.63) is 29.6 Å². The number of phenolic OH excluding ortho intramolecular Hbond substituents is 1. The van der Waals surface area contributed by atoms with Gasteiger partial charge < -0.3 is 15.7 Å². The summed E-state index contributed by atoms with van der Waals surface area (Å²) in [5, 5.41) is 9.21. The third-order valence-electron chi connectivity index (χ3n) is 3.54. The molecule has 20 heavy (non-hydrogen) atoms. The molecule has 1 fully saturated rings. The number of rotatable bonds is 4. The van der Waals surface area contributed by atoms with E-state index in [0.717, 1.165) is 31.7 Å². The van der Waals surface area contributed by atoms with E-state index in [1.54, 1.807) is 4.90 Å². The lowest BCUT2D eigenvalue weighted by Gasteiger charge is -2.28. The maximum Gasteiger partial charge on any atom is 0.257 e. The molecule has 2 rings (SSSR count). The molecule has 1 aliphatic carbocycles. The highest BCUT2D eigenvalue weighted by molar-refractivity contribution is 7.80. The van der Waals surface area contributed by atoms with Gasteiger partial charge in [-0.2, -0.15) is 0 Å². The van der Waals surface area contributed by atoms with Crippen LogP contribution < -0.4 is 5.73 Å². The van der Waals surface area contributed by atoms with Crippen LogP contribution in [0.4, 0.5) is 4.39 Å². The van der Waals surface area contributed by atoms with Crippen LogP contribution in [0.2, 0.25) is 0 Å². The van der Waals surface area contributed by atoms with Gasteiger partial charge in [0, 0.05) is 12.1 Å². The average molecular weight is 296 g/mol. The minimum atomic E-state index is -0.735. The van der Waals surface area contributed by atoms with Crippen LogP contribution in [-0.4, -0.2) is 33.5 Å². The number of phenols is 1. The van der Waals surface area contributed by atoms with Crippen LogP contribution in [0.3, 0.4) is 0 Å². The van der Waals surface area contributed by atoms with Gasteiger partial charge in [0.2, 0.25) is 0 Å². The molecule has 1 aromatic carbocycles. The van der Waals surface area contributed by atoms with Crippen molar-refractivity contribution >= 4 is 23.1 Å². The first kappa shape index (κ1) is 14.7. The van der Waals surface area contributed by atoms with Gasteiger partial charge >= 0.3 is 0 Å². The molecule has 0 aliphatic heterocycles. The first-order chi connectivity index (χ1) is 9.49. The molecule has 1 aromatic rings. The molecule has 1 saturated carbocycles. The van der Waals surface area contributed by atoms with Crippen LogP contribution in [0.1, 0.15) is 36.0 Å². The highest BCUT2D eigenvalue weighted by atomic mass is 32.1. The molecule has 0 bridgehead atoms. The van der Waals surface area contributed by atoms with Crippen molar-refractivity contribution in [2.45, 2.75) is 31.7 Å². The lowest BCUT2D eigenvalue weighted by atomic mass is 10.1. The third kappa shape index (κ3) is 3.25. The summed E-state index contributed by atoms with van der Waals surface area (Å²) in [5.74, 6) is -1.37. The number of thiocarbonyl (C=S) groups is 1. The first-order valence-electron chi connectivity index (χ1n) is 6.57. The van der Waals surface area contributed by atoms with Crippen LogP contribution in [0.15, 0.2) is 18.2 Å². The summed E-state index contributed by atoms with van der Waals surface area (Å²) in [6, 6.07) is 3.57. The van der Waals surface area contributed by atoms with E-state index in [2.05, 4.69) is 0 Å². The van der Waals surface area contributed by atoms with Gasteiger partial charge in [-0.05, 0) is 25.0 Å². The molecule has 0 unspecified atom stereocenters. The molecule has 0 saturated heterocycles. The SMILES string of the molecule is NC(=S)CN(C(=O)c1ccc(O)cc1F)C1CCCC1. The number of amides is 1. The van der Waals surface area contributed by atoms with Gasteiger partial charge in [-0.15, -0.1) is 0 Å². The Morgan fingerprint density at radius 1 is 1.45 bits per heavy atom. The zero-order chi connectivity index (χ0) is 14.7. The number of nitrogens with zero attached hydrogens (tertiary/aromatic N) is 1. The summed E-state index contributed by atoms with van der Waals surface area (Å²) < 4.78 is 13.8. The summed E-state index contributed by atoms with van der Waals surface area (Å²) in [6.07, 6.45) is 3.86. The van der Waals surface area contributed by atoms with E-state index in [4.69, 9.17) is 18.0 Å². The fraction of sp³-hybridized carbons (Fsp3) is 0.429. The topological polar surface area (TPSA) is 66.6 Å². The molecular weight excluding hydrogens is 279 g/mol. The second kappa shape index (κ2) is 6.17. The van der Waals surface area contributed by atoms with E-state index in [1.807, 2.05) is 0 Å². The molecule has 4 nitrogen and oxygen atoms in total. The molecule has 0 aromatic heterocycles. The Morgan fingerprint density at radius 3 is 2.65 bits per heavy atom. The van der Waals surface area contributed by atoms with Gasteiger partial charge in [0.1, 0.15) is 11.6 Å². The minimum absolute atomic E-state index is 0.0530. The molecule has 6 heteroatoms. The number of aromatic hydroxyl groups is 1. The standard InChI is InChI=1S/C14H17FN2O2S/c15-12-7-10(18)5-6-11(12)14(19)17(8-13(16)20)9-3-1-2-4-9/h5-7,9,18H,1-4,8H2,(H2,16,20). The predicted octanol–water partition coefficient (Wildman–Crippen LogP) is 2.20. The van der Waals surface area contributed by atoms with Crippen molar-refractivity contribution in [1.82, 2.24) is 4.90 Å². The fourth-order valence-corrected chi connectivity index (χ4v) is 2.72. The summed E-state index contributed by atoms with van der Waals surface area (Å²) in [7, 11) is 0. The Kier molecular flexibility index (Phi) is 4.54. The number of carbonyl (C=O) groups excluding carboxylic acids is 1. The molecule has 1 amide bonds. The van der Waals surface area contributed by atoms with Crippen molar-refractivity contribution < 1.29 is 14.3 Å². The van der Waals surface area contributed by atoms with Gasteiger partial charge in [0.15, 0.2) is 0 Å². The fourth-order valence-electron chi connectivity index (χ4n) is 2.58. The van der Waals surface area contributed by atoms with E-state index in [0.29, 0.717) is 0 Å². The van der Waals surface area contributed by atoms with Crippen LogP contribution in [0, 0.1) is 5.82 Å². The Hall–Kier alpha value is -1.69. The van der Waals surface area contributed by atoms with E-state index >= 15 is 0 Å². The predicted molar refractivity (Wildman–Crippen MR) is 78.1 cm³/mol. The molecule has 0 atom stereocenters. The van der Waals surface area contributed by atoms with Crippen LogP contribution in [0.5, 0.6) is 5.75 Å². The quantitative estimate of drug-likeness (QED) is 0.836. The second-order valence-electron chi connectivity index (χ2n) is 5.00. The average Bonchev–Trinajstić information content (AvgIpc) is 2.88. The molecule has 0 spiro atoms. The second-order valence-corrected chi connectivity index (χ2v) is 5.53. The van der Waals surface area contributed by atoms with Crippen LogP contribution in [0.25, 0.3) is 0 Å². The minimum Gasteiger partial charge on any atom is -0.508 e. The van der Waals surface area contributed by atoms with Gasteiger partial charge in [0.05, 0.1) is 17.1 Å². The molecule has 3 N–H and O–H groups in total. The molecule has 0 heterocycles. The maximum atomic E-state index is 13.8. The summed E-state index contributed by atoms with van der Waals surface area (Å²) in [5.41, 5.74) is 5.48. The molecular formula is C14H17FN2O2S. The van der Waals surface area contributed by atoms with Crippen molar-refractivity contribution in [3.63, 3.8) is 0 Å². The number of nitrogens with two attached hydrogens (primary N) is 1. The van der Waals surface area contributed by atoms with Crippen LogP contribution in [-0.2, 0) is 0 Å². The van der Waals surface area contributed by atoms with Crippen molar-refractivity contribution in [1.29, 1.82) is 0 Å². The van der Waals surface area contributed by atoms with Gasteiger partial charge in [-0.1, -0.05) is 25.1 Å². The Bertz CT molecular complexity index is 530. The zero-order valence-electron chi connectivity index (χ0n) is 11.0. The normalized spacial score (nSPS) is 15.2. The Morgan fingerprint density at radius 2 is 2.10 bits per heavy atom. The first-order valence-corrected chi connectivity index (χ1v) is 6.97. The maximum absolute atomic E-state index is 13.8. The molecule has 108 valence electrons. The number of carbonyl (C=O) groups is 1. The van der Waals surface area contributed by atoms with Crippen molar-refractivity contribution in [2.24, 2.45) is 5.73 Å². The van der Waals surface area contributed by atoms with Gasteiger partial charge in [0.25, 0.3) is 5.91 Å². The summed E-state index contributed by atoms with van der Waals surface area (Å²) >= 11 is 4.88. The highest BCUT2D eigenvalue weighted by Gasteiger charge is 2.29. The van der Waals surface area contributed by atoms with Crippen LogP contribution >= 0.6 is 12.2 Å². The monoisotopic (exact) mass is 296 g/mol. The van der Waals surface area contributed by atoms with Gasteiger partial charge in [-0.3, -0.25) is 4.79 Å². The number of halogens is 1. The Balaban J connectivity index is 2.27. The van der Waals surface area contributed by atoms with E-state index < -0.39 is 11.7 Å². The third-order valence-corrected chi connectivity index (χ3v) is 3.66. The smallest absolute Gasteiger partial charge is 0.257 e. The van der Waals surface area contributed by atoms with Gasteiger partial charge in [-0.25, -0.2) is 4.39 Å². The van der Waals surface area contributed by atoms with E-state index in [1.165, 1.54) is 12.1 Å². The zero-order valence-corrected chi connectivity index (χ0v) is 11.8. The van der Waals surface area contributed by atoms with Crippen molar-refractivity contribution in [2.75, 3.05) is 6.54 Å². The Labute approximate surface area is 122 Å². The lowest BCUT2D eigenvalue weighted by Crippen LogP contribution is -2.43. The van der Waals surface area contributed by atoms with Crippen molar-refractivity contribution in [3.8, 4) is 5.75 Å². The largest absolute Gasteiger partial charge is 0.508 e. The summed E-state index contributed by atoms with van der Waals surface area (Å²) in [4.78, 5) is 14.2. The van der Waals surface area contributed by atoms with E-state index in [9.17, 15) is 14.3 Å². The highest BCUT2D eigenvalue weighted by Crippen LogP contribution is 2.26. The molecule has 0 radical (unpaired) electrons. The van der Waals surface area contributed by atoms with E-state index in [-0.39, 0.29) is 28.9 Å².